The lowest BCUT2D eigenvalue weighted by molar-refractivity contribution is -0.126. The minimum absolute atomic E-state index is 0.0368. The molecule has 15 heavy (non-hydrogen) atoms. The number of halogens is 4. The van der Waals surface area contributed by atoms with Crippen molar-refractivity contribution in [2.75, 3.05) is 6.54 Å². The summed E-state index contributed by atoms with van der Waals surface area (Å²) >= 11 is 0.397. The summed E-state index contributed by atoms with van der Waals surface area (Å²) < 4.78 is 50.0. The number of hydrogen-bond acceptors (Lipinski definition) is 2. The summed E-state index contributed by atoms with van der Waals surface area (Å²) in [7, 11) is 0. The topological polar surface area (TPSA) is 26.0 Å². The third-order valence-electron chi connectivity index (χ3n) is 1.69. The molecular formula is C9H9F4NS. The minimum atomic E-state index is -4.41. The predicted molar refractivity (Wildman–Crippen MR) is 51.2 cm³/mol. The first-order valence-corrected chi connectivity index (χ1v) is 5.01. The lowest BCUT2D eigenvalue weighted by Crippen LogP contribution is -2.33. The van der Waals surface area contributed by atoms with Crippen LogP contribution in [0.1, 0.15) is 0 Å². The molecule has 0 amide bonds. The maximum absolute atomic E-state index is 13.0. The zero-order chi connectivity index (χ0) is 11.5. The molecule has 6 heteroatoms. The number of rotatable bonds is 3. The zero-order valence-corrected chi connectivity index (χ0v) is 8.41. The van der Waals surface area contributed by atoms with Crippen LogP contribution in [0.4, 0.5) is 17.6 Å². The molecule has 0 radical (unpaired) electrons. The Balaban J connectivity index is 2.80. The van der Waals surface area contributed by atoms with Crippen molar-refractivity contribution in [3.05, 3.63) is 30.1 Å². The Morgan fingerprint density at radius 2 is 1.87 bits per heavy atom. The van der Waals surface area contributed by atoms with Gasteiger partial charge in [-0.25, -0.2) is 4.39 Å². The number of thioether (sulfide) groups is 1. The van der Waals surface area contributed by atoms with Gasteiger partial charge in [-0.05, 0) is 12.1 Å². The van der Waals surface area contributed by atoms with E-state index < -0.39 is 23.8 Å². The fourth-order valence-electron chi connectivity index (χ4n) is 0.942. The molecule has 0 aliphatic carbocycles. The van der Waals surface area contributed by atoms with E-state index in [0.29, 0.717) is 11.8 Å². The molecular weight excluding hydrogens is 230 g/mol. The average Bonchev–Trinajstić information content (AvgIpc) is 2.14. The van der Waals surface area contributed by atoms with Crippen LogP contribution in [0.15, 0.2) is 29.2 Å². The normalized spacial score (nSPS) is 13.9. The van der Waals surface area contributed by atoms with E-state index in [2.05, 4.69) is 0 Å². The van der Waals surface area contributed by atoms with Crippen molar-refractivity contribution in [2.45, 2.75) is 16.3 Å². The molecule has 1 rings (SSSR count). The molecule has 0 aromatic heterocycles. The summed E-state index contributed by atoms with van der Waals surface area (Å²) in [6, 6.07) is 5.32. The molecule has 0 bridgehead atoms. The summed E-state index contributed by atoms with van der Waals surface area (Å²) in [6.45, 7) is -0.567. The fraction of sp³-hybridized carbons (Fsp3) is 0.333. The molecule has 0 heterocycles. The van der Waals surface area contributed by atoms with Crippen LogP contribution in [-0.4, -0.2) is 18.0 Å². The number of hydrogen-bond donors (Lipinski definition) is 1. The van der Waals surface area contributed by atoms with Crippen molar-refractivity contribution in [2.24, 2.45) is 5.73 Å². The molecule has 1 aromatic carbocycles. The molecule has 1 aromatic rings. The molecule has 2 N–H and O–H groups in total. The van der Waals surface area contributed by atoms with Gasteiger partial charge in [0.2, 0.25) is 0 Å². The molecule has 1 nitrogen and oxygen atoms in total. The zero-order valence-electron chi connectivity index (χ0n) is 7.59. The second-order valence-electron chi connectivity index (χ2n) is 2.81. The molecule has 1 atom stereocenters. The minimum Gasteiger partial charge on any atom is -0.329 e. The first kappa shape index (κ1) is 12.3. The standard InChI is InChI=1S/C9H9F4NS/c10-6-3-1-2-4-7(6)15-8(5-14)9(11,12)13/h1-4,8H,5,14H2. The Bertz CT molecular complexity index is 326. The lowest BCUT2D eigenvalue weighted by atomic mass is 10.3. The molecule has 0 saturated heterocycles. The van der Waals surface area contributed by atoms with Gasteiger partial charge in [0.05, 0.1) is 0 Å². The van der Waals surface area contributed by atoms with Crippen LogP contribution in [0.5, 0.6) is 0 Å². The average molecular weight is 239 g/mol. The first-order chi connectivity index (χ1) is 6.95. The third kappa shape index (κ3) is 3.39. The second-order valence-corrected chi connectivity index (χ2v) is 4.06. The quantitative estimate of drug-likeness (QED) is 0.648. The Labute approximate surface area is 88.7 Å². The highest BCUT2D eigenvalue weighted by molar-refractivity contribution is 8.00. The summed E-state index contributed by atoms with van der Waals surface area (Å²) in [6.07, 6.45) is -4.41. The molecule has 0 aliphatic rings. The number of nitrogens with two attached hydrogens (primary N) is 1. The van der Waals surface area contributed by atoms with Crippen LogP contribution in [0, 0.1) is 5.82 Å². The molecule has 0 fully saturated rings. The van der Waals surface area contributed by atoms with Crippen LogP contribution in [0.3, 0.4) is 0 Å². The molecule has 0 saturated carbocycles. The number of benzene rings is 1. The predicted octanol–water partition coefficient (Wildman–Crippen LogP) is 2.81. The SMILES string of the molecule is NCC(Sc1ccccc1F)C(F)(F)F. The first-order valence-electron chi connectivity index (χ1n) is 4.13. The van der Waals surface area contributed by atoms with Crippen LogP contribution in [-0.2, 0) is 0 Å². The maximum Gasteiger partial charge on any atom is 0.402 e. The van der Waals surface area contributed by atoms with Gasteiger partial charge < -0.3 is 5.73 Å². The van der Waals surface area contributed by atoms with Gasteiger partial charge in [0.25, 0.3) is 0 Å². The summed E-state index contributed by atoms with van der Waals surface area (Å²) in [5, 5.41) is -1.77. The van der Waals surface area contributed by atoms with Crippen molar-refractivity contribution in [3.63, 3.8) is 0 Å². The van der Waals surface area contributed by atoms with Crippen LogP contribution >= 0.6 is 11.8 Å². The Kier molecular flexibility index (Phi) is 3.98. The largest absolute Gasteiger partial charge is 0.402 e. The lowest BCUT2D eigenvalue weighted by Gasteiger charge is -2.17. The Morgan fingerprint density at radius 3 is 2.33 bits per heavy atom. The molecule has 0 spiro atoms. The monoisotopic (exact) mass is 239 g/mol. The van der Waals surface area contributed by atoms with E-state index in [1.165, 1.54) is 18.2 Å². The molecule has 1 unspecified atom stereocenters. The van der Waals surface area contributed by atoms with Crippen molar-refractivity contribution >= 4 is 11.8 Å². The Morgan fingerprint density at radius 1 is 1.27 bits per heavy atom. The smallest absolute Gasteiger partial charge is 0.329 e. The van der Waals surface area contributed by atoms with Gasteiger partial charge in [-0.2, -0.15) is 13.2 Å². The van der Waals surface area contributed by atoms with E-state index in [9.17, 15) is 17.6 Å². The highest BCUT2D eigenvalue weighted by atomic mass is 32.2. The van der Waals surface area contributed by atoms with E-state index in [1.807, 2.05) is 0 Å². The van der Waals surface area contributed by atoms with E-state index in [-0.39, 0.29) is 4.90 Å². The van der Waals surface area contributed by atoms with E-state index in [0.717, 1.165) is 6.07 Å². The van der Waals surface area contributed by atoms with Crippen LogP contribution in [0.25, 0.3) is 0 Å². The van der Waals surface area contributed by atoms with Gasteiger partial charge >= 0.3 is 6.18 Å². The van der Waals surface area contributed by atoms with Crippen molar-refractivity contribution in [1.82, 2.24) is 0 Å². The van der Waals surface area contributed by atoms with Crippen molar-refractivity contribution < 1.29 is 17.6 Å². The summed E-state index contributed by atoms with van der Waals surface area (Å²) in [4.78, 5) is -0.0368. The van der Waals surface area contributed by atoms with Crippen LogP contribution < -0.4 is 5.73 Å². The summed E-state index contributed by atoms with van der Waals surface area (Å²) in [5.74, 6) is -0.662. The van der Waals surface area contributed by atoms with Gasteiger partial charge in [-0.1, -0.05) is 12.1 Å². The van der Waals surface area contributed by atoms with Crippen molar-refractivity contribution in [1.29, 1.82) is 0 Å². The van der Waals surface area contributed by atoms with Gasteiger partial charge in [-0.3, -0.25) is 0 Å². The van der Waals surface area contributed by atoms with Gasteiger partial charge in [0.15, 0.2) is 0 Å². The fourth-order valence-corrected chi connectivity index (χ4v) is 1.82. The van der Waals surface area contributed by atoms with Crippen LogP contribution in [0.2, 0.25) is 0 Å². The molecule has 84 valence electrons. The highest BCUT2D eigenvalue weighted by Gasteiger charge is 2.39. The maximum atomic E-state index is 13.0. The third-order valence-corrected chi connectivity index (χ3v) is 3.01. The van der Waals surface area contributed by atoms with Gasteiger partial charge in [0.1, 0.15) is 11.1 Å². The van der Waals surface area contributed by atoms with Gasteiger partial charge in [0, 0.05) is 11.4 Å². The van der Waals surface area contributed by atoms with E-state index in [1.54, 1.807) is 0 Å². The molecule has 0 aliphatic heterocycles. The summed E-state index contributed by atoms with van der Waals surface area (Å²) in [5.41, 5.74) is 4.99. The van der Waals surface area contributed by atoms with Gasteiger partial charge in [-0.15, -0.1) is 11.8 Å². The number of alkyl halides is 3. The van der Waals surface area contributed by atoms with Crippen molar-refractivity contribution in [3.8, 4) is 0 Å². The second kappa shape index (κ2) is 4.85. The Hall–Kier alpha value is -0.750. The van der Waals surface area contributed by atoms with E-state index >= 15 is 0 Å². The highest BCUT2D eigenvalue weighted by Crippen LogP contribution is 2.35. The van der Waals surface area contributed by atoms with E-state index in [4.69, 9.17) is 5.73 Å².